The smallest absolute Gasteiger partial charge is 0.378 e. The van der Waals surface area contributed by atoms with E-state index >= 15 is 0 Å². The number of carbonyl (C=O) groups is 1. The highest BCUT2D eigenvalue weighted by Gasteiger charge is 2.32. The van der Waals surface area contributed by atoms with Crippen LogP contribution in [-0.4, -0.2) is 54.7 Å². The highest BCUT2D eigenvalue weighted by atomic mass is 32.2. The quantitative estimate of drug-likeness (QED) is 0.577. The molecule has 2 N–H and O–H groups in total. The molecular weight excluding hydrogens is 439 g/mol. The van der Waals surface area contributed by atoms with Crippen molar-refractivity contribution in [3.63, 3.8) is 0 Å². The van der Waals surface area contributed by atoms with Crippen LogP contribution in [0.2, 0.25) is 0 Å². The van der Waals surface area contributed by atoms with Crippen LogP contribution in [-0.2, 0) is 15.7 Å². The molecular formula is C18H22F3N5O2S2. The van der Waals surface area contributed by atoms with E-state index in [-0.39, 0.29) is 11.4 Å². The van der Waals surface area contributed by atoms with Crippen LogP contribution in [0.5, 0.6) is 0 Å². The Morgan fingerprint density at radius 1 is 1.30 bits per heavy atom. The van der Waals surface area contributed by atoms with E-state index in [4.69, 9.17) is 4.74 Å². The summed E-state index contributed by atoms with van der Waals surface area (Å²) in [6.07, 6.45) is -3.54. The number of alkyl halides is 3. The first-order valence-electron chi connectivity index (χ1n) is 9.40. The standard InChI is InChI=1S/C18H22F3N5O2S2/c1-2-5-22-16-24-25-17(30-16)29-11-15(27)23-13-10-12(18(19,20)21)3-4-14(13)26-6-8-28-9-7-26/h3-4,10H,2,5-9,11H2,1H3,(H,22,24)(H,23,27). The number of aromatic nitrogens is 2. The maximum absolute atomic E-state index is 13.2. The van der Waals surface area contributed by atoms with E-state index in [9.17, 15) is 18.0 Å². The van der Waals surface area contributed by atoms with Gasteiger partial charge in [0.2, 0.25) is 11.0 Å². The lowest BCUT2D eigenvalue weighted by Gasteiger charge is -2.31. The van der Waals surface area contributed by atoms with E-state index in [1.807, 2.05) is 11.8 Å². The molecule has 1 saturated heterocycles. The van der Waals surface area contributed by atoms with Gasteiger partial charge in [0.15, 0.2) is 4.34 Å². The molecule has 2 heterocycles. The molecule has 30 heavy (non-hydrogen) atoms. The van der Waals surface area contributed by atoms with Crippen molar-refractivity contribution >= 4 is 45.5 Å². The summed E-state index contributed by atoms with van der Waals surface area (Å²) in [7, 11) is 0. The molecule has 0 bridgehead atoms. The fourth-order valence-corrected chi connectivity index (χ4v) is 4.36. The molecule has 1 fully saturated rings. The van der Waals surface area contributed by atoms with Crippen molar-refractivity contribution in [1.29, 1.82) is 0 Å². The molecule has 7 nitrogen and oxygen atoms in total. The normalized spacial score (nSPS) is 14.6. The average molecular weight is 462 g/mol. The van der Waals surface area contributed by atoms with Gasteiger partial charge in [0.1, 0.15) is 0 Å². The van der Waals surface area contributed by atoms with Crippen LogP contribution in [0.4, 0.5) is 29.7 Å². The first-order valence-corrected chi connectivity index (χ1v) is 11.2. The second kappa shape index (κ2) is 10.3. The average Bonchev–Trinajstić information content (AvgIpc) is 3.18. The molecule has 0 atom stereocenters. The van der Waals surface area contributed by atoms with Crippen LogP contribution in [0.15, 0.2) is 22.5 Å². The Balaban J connectivity index is 1.68. The number of rotatable bonds is 8. The minimum Gasteiger partial charge on any atom is -0.378 e. The van der Waals surface area contributed by atoms with Crippen molar-refractivity contribution in [2.45, 2.75) is 23.9 Å². The summed E-state index contributed by atoms with van der Waals surface area (Å²) < 4.78 is 45.4. The van der Waals surface area contributed by atoms with Crippen LogP contribution in [0, 0.1) is 0 Å². The van der Waals surface area contributed by atoms with Gasteiger partial charge in [0.25, 0.3) is 0 Å². The Morgan fingerprint density at radius 3 is 2.77 bits per heavy atom. The van der Waals surface area contributed by atoms with Gasteiger partial charge >= 0.3 is 6.18 Å². The lowest BCUT2D eigenvalue weighted by Crippen LogP contribution is -2.37. The molecule has 1 aromatic heterocycles. The molecule has 0 spiro atoms. The molecule has 12 heteroatoms. The van der Waals surface area contributed by atoms with Gasteiger partial charge < -0.3 is 20.3 Å². The number of hydrogen-bond donors (Lipinski definition) is 2. The maximum Gasteiger partial charge on any atom is 0.416 e. The molecule has 1 amide bonds. The van der Waals surface area contributed by atoms with E-state index in [1.54, 1.807) is 0 Å². The molecule has 0 aliphatic carbocycles. The number of anilines is 3. The summed E-state index contributed by atoms with van der Waals surface area (Å²) in [5, 5.41) is 14.4. The fraction of sp³-hybridized carbons (Fsp3) is 0.500. The Morgan fingerprint density at radius 2 is 2.07 bits per heavy atom. The SMILES string of the molecule is CCCNc1nnc(SCC(=O)Nc2cc(C(F)(F)F)ccc2N2CCOCC2)s1. The topological polar surface area (TPSA) is 79.4 Å². The third-order valence-electron chi connectivity index (χ3n) is 4.21. The van der Waals surface area contributed by atoms with Crippen molar-refractivity contribution in [2.24, 2.45) is 0 Å². The van der Waals surface area contributed by atoms with Crippen molar-refractivity contribution < 1.29 is 22.7 Å². The van der Waals surface area contributed by atoms with Crippen molar-refractivity contribution in [3.05, 3.63) is 23.8 Å². The van der Waals surface area contributed by atoms with Gasteiger partial charge in [-0.05, 0) is 24.6 Å². The maximum atomic E-state index is 13.2. The number of thioether (sulfide) groups is 1. The lowest BCUT2D eigenvalue weighted by molar-refractivity contribution is -0.137. The number of carbonyl (C=O) groups excluding carboxylic acids is 1. The summed E-state index contributed by atoms with van der Waals surface area (Å²) in [6.45, 7) is 4.86. The number of amides is 1. The van der Waals surface area contributed by atoms with E-state index in [1.165, 1.54) is 29.2 Å². The van der Waals surface area contributed by atoms with E-state index in [0.29, 0.717) is 41.5 Å². The first kappa shape index (κ1) is 22.6. The van der Waals surface area contributed by atoms with E-state index < -0.39 is 17.6 Å². The summed E-state index contributed by atoms with van der Waals surface area (Å²) >= 11 is 2.52. The summed E-state index contributed by atoms with van der Waals surface area (Å²) in [5.74, 6) is -0.395. The Bertz CT molecular complexity index is 857. The molecule has 1 aliphatic rings. The number of nitrogens with one attached hydrogen (secondary N) is 2. The molecule has 0 saturated carbocycles. The zero-order valence-corrected chi connectivity index (χ0v) is 17.9. The van der Waals surface area contributed by atoms with Gasteiger partial charge in [-0.1, -0.05) is 30.0 Å². The highest BCUT2D eigenvalue weighted by molar-refractivity contribution is 8.01. The molecule has 1 aromatic carbocycles. The molecule has 2 aromatic rings. The zero-order valence-electron chi connectivity index (χ0n) is 16.3. The number of morpholine rings is 1. The van der Waals surface area contributed by atoms with Crippen LogP contribution < -0.4 is 15.5 Å². The van der Waals surface area contributed by atoms with Gasteiger partial charge in [0, 0.05) is 19.6 Å². The van der Waals surface area contributed by atoms with E-state index in [0.717, 1.165) is 25.1 Å². The van der Waals surface area contributed by atoms with Crippen LogP contribution >= 0.6 is 23.1 Å². The Labute approximate surface area is 180 Å². The minimum atomic E-state index is -4.49. The van der Waals surface area contributed by atoms with Gasteiger partial charge in [0.05, 0.1) is 35.9 Å². The number of ether oxygens (including phenoxy) is 1. The number of hydrogen-bond acceptors (Lipinski definition) is 8. The molecule has 0 radical (unpaired) electrons. The lowest BCUT2D eigenvalue weighted by atomic mass is 10.1. The third-order valence-corrected chi connectivity index (χ3v) is 6.22. The van der Waals surface area contributed by atoms with Crippen LogP contribution in [0.1, 0.15) is 18.9 Å². The predicted molar refractivity (Wildman–Crippen MR) is 113 cm³/mol. The minimum absolute atomic E-state index is 0.0151. The van der Waals surface area contributed by atoms with Gasteiger partial charge in [-0.25, -0.2) is 0 Å². The second-order valence-electron chi connectivity index (χ2n) is 6.47. The monoisotopic (exact) mass is 461 g/mol. The summed E-state index contributed by atoms with van der Waals surface area (Å²) in [4.78, 5) is 14.4. The van der Waals surface area contributed by atoms with Gasteiger partial charge in [-0.3, -0.25) is 4.79 Å². The van der Waals surface area contributed by atoms with Crippen LogP contribution in [0.3, 0.4) is 0 Å². The van der Waals surface area contributed by atoms with Crippen molar-refractivity contribution in [1.82, 2.24) is 10.2 Å². The Kier molecular flexibility index (Phi) is 7.78. The second-order valence-corrected chi connectivity index (χ2v) is 8.67. The third kappa shape index (κ3) is 6.22. The number of nitrogens with zero attached hydrogens (tertiary/aromatic N) is 3. The van der Waals surface area contributed by atoms with Crippen molar-refractivity contribution in [3.8, 4) is 0 Å². The Hall–Kier alpha value is -2.05. The predicted octanol–water partition coefficient (Wildman–Crippen LogP) is 3.95. The number of halogens is 3. The van der Waals surface area contributed by atoms with E-state index in [2.05, 4.69) is 20.8 Å². The molecule has 3 rings (SSSR count). The fourth-order valence-electron chi connectivity index (χ4n) is 2.78. The van der Waals surface area contributed by atoms with Gasteiger partial charge in [-0.15, -0.1) is 10.2 Å². The summed E-state index contributed by atoms with van der Waals surface area (Å²) in [6, 6.07) is 3.40. The highest BCUT2D eigenvalue weighted by Crippen LogP contribution is 2.36. The van der Waals surface area contributed by atoms with Gasteiger partial charge in [-0.2, -0.15) is 13.2 Å². The molecule has 1 aliphatic heterocycles. The summed E-state index contributed by atoms with van der Waals surface area (Å²) in [5.41, 5.74) is -0.121. The zero-order chi connectivity index (χ0) is 21.6. The van der Waals surface area contributed by atoms with Crippen LogP contribution in [0.25, 0.3) is 0 Å². The largest absolute Gasteiger partial charge is 0.416 e. The molecule has 0 unspecified atom stereocenters. The van der Waals surface area contributed by atoms with Crippen molar-refractivity contribution in [2.75, 3.05) is 54.1 Å². The first-order chi connectivity index (χ1) is 14.4. The number of benzene rings is 1. The molecule has 164 valence electrons.